The molecule has 0 fully saturated rings. The number of benzene rings is 2. The highest BCUT2D eigenvalue weighted by Gasteiger charge is 2.19. The standard InChI is InChI=1S/C18H11ClN4O3S2/c1-9-2-7-12-13(8-9)27-15(14(12)19)16(24)20-18-22-21-17(28-18)10-3-5-11(6-4-10)23(25)26/h2-8H,1H3,(H,20,22,24). The van der Waals surface area contributed by atoms with E-state index in [4.69, 9.17) is 11.6 Å². The minimum atomic E-state index is -0.466. The van der Waals surface area contributed by atoms with Crippen LogP contribution in [0.4, 0.5) is 10.8 Å². The first-order valence-corrected chi connectivity index (χ1v) is 10.0. The van der Waals surface area contributed by atoms with Crippen LogP contribution < -0.4 is 5.32 Å². The molecule has 1 N–H and O–H groups in total. The number of non-ortho nitro benzene ring substituents is 1. The van der Waals surface area contributed by atoms with Crippen molar-refractivity contribution >= 4 is 61.1 Å². The number of thiophene rings is 1. The number of amides is 1. The summed E-state index contributed by atoms with van der Waals surface area (Å²) in [6.45, 7) is 1.98. The molecule has 0 aliphatic rings. The smallest absolute Gasteiger partial charge is 0.269 e. The predicted molar refractivity (Wildman–Crippen MR) is 112 cm³/mol. The number of fused-ring (bicyclic) bond motifs is 1. The highest BCUT2D eigenvalue weighted by molar-refractivity contribution is 7.22. The first kappa shape index (κ1) is 18.5. The number of nitrogens with zero attached hydrogens (tertiary/aromatic N) is 3. The third-order valence-corrected chi connectivity index (χ3v) is 6.51. The molecule has 0 saturated heterocycles. The van der Waals surface area contributed by atoms with Crippen molar-refractivity contribution < 1.29 is 9.72 Å². The van der Waals surface area contributed by atoms with Crippen LogP contribution >= 0.6 is 34.3 Å². The van der Waals surface area contributed by atoms with E-state index in [2.05, 4.69) is 15.5 Å². The van der Waals surface area contributed by atoms with E-state index in [9.17, 15) is 14.9 Å². The molecule has 4 aromatic rings. The Morgan fingerprint density at radius 3 is 2.61 bits per heavy atom. The zero-order chi connectivity index (χ0) is 19.8. The van der Waals surface area contributed by atoms with Crippen molar-refractivity contribution in [1.82, 2.24) is 10.2 Å². The summed E-state index contributed by atoms with van der Waals surface area (Å²) in [6.07, 6.45) is 0. The highest BCUT2D eigenvalue weighted by atomic mass is 35.5. The van der Waals surface area contributed by atoms with Crippen LogP contribution in [-0.4, -0.2) is 21.0 Å². The molecule has 2 heterocycles. The number of carbonyl (C=O) groups is 1. The largest absolute Gasteiger partial charge is 0.296 e. The van der Waals surface area contributed by atoms with E-state index in [1.165, 1.54) is 34.8 Å². The van der Waals surface area contributed by atoms with E-state index in [1.807, 2.05) is 25.1 Å². The van der Waals surface area contributed by atoms with Gasteiger partial charge in [-0.25, -0.2) is 0 Å². The number of anilines is 1. The van der Waals surface area contributed by atoms with Gasteiger partial charge in [-0.1, -0.05) is 35.1 Å². The normalized spacial score (nSPS) is 10.9. The Morgan fingerprint density at radius 2 is 1.89 bits per heavy atom. The molecule has 0 atom stereocenters. The Hall–Kier alpha value is -2.88. The number of hydrogen-bond acceptors (Lipinski definition) is 7. The first-order chi connectivity index (χ1) is 13.4. The number of nitrogens with one attached hydrogen (secondary N) is 1. The summed E-state index contributed by atoms with van der Waals surface area (Å²) in [5.74, 6) is -0.352. The van der Waals surface area contributed by atoms with Crippen molar-refractivity contribution in [3.8, 4) is 10.6 Å². The average Bonchev–Trinajstić information content (AvgIpc) is 3.26. The molecule has 0 radical (unpaired) electrons. The number of carbonyl (C=O) groups excluding carboxylic acids is 1. The molecular formula is C18H11ClN4O3S2. The lowest BCUT2D eigenvalue weighted by Gasteiger charge is -1.98. The maximum atomic E-state index is 12.6. The van der Waals surface area contributed by atoms with Gasteiger partial charge in [-0.05, 0) is 30.7 Å². The third-order valence-electron chi connectivity index (χ3n) is 3.96. The Labute approximate surface area is 171 Å². The molecular weight excluding hydrogens is 420 g/mol. The summed E-state index contributed by atoms with van der Waals surface area (Å²) >= 11 is 8.87. The Bertz CT molecular complexity index is 1220. The molecule has 4 rings (SSSR count). The van der Waals surface area contributed by atoms with Gasteiger partial charge in [0.15, 0.2) is 0 Å². The SMILES string of the molecule is Cc1ccc2c(Cl)c(C(=O)Nc3nnc(-c4ccc([N+](=O)[O-])cc4)s3)sc2c1. The van der Waals surface area contributed by atoms with Crippen molar-refractivity contribution in [3.63, 3.8) is 0 Å². The van der Waals surface area contributed by atoms with Crippen LogP contribution in [0.15, 0.2) is 42.5 Å². The topological polar surface area (TPSA) is 98.0 Å². The molecule has 0 bridgehead atoms. The second kappa shape index (κ2) is 7.27. The second-order valence-electron chi connectivity index (χ2n) is 5.92. The fourth-order valence-corrected chi connectivity index (χ4v) is 4.84. The summed E-state index contributed by atoms with van der Waals surface area (Å²) in [7, 11) is 0. The Morgan fingerprint density at radius 1 is 1.14 bits per heavy atom. The second-order valence-corrected chi connectivity index (χ2v) is 8.32. The van der Waals surface area contributed by atoms with Crippen molar-refractivity contribution in [2.75, 3.05) is 5.32 Å². The molecule has 140 valence electrons. The fourth-order valence-electron chi connectivity index (χ4n) is 2.59. The monoisotopic (exact) mass is 430 g/mol. The lowest BCUT2D eigenvalue weighted by atomic mass is 10.2. The van der Waals surface area contributed by atoms with Gasteiger partial charge in [0, 0.05) is 27.8 Å². The molecule has 0 saturated carbocycles. The molecule has 7 nitrogen and oxygen atoms in total. The van der Waals surface area contributed by atoms with Crippen LogP contribution in [0.3, 0.4) is 0 Å². The van der Waals surface area contributed by atoms with Gasteiger partial charge < -0.3 is 0 Å². The predicted octanol–water partition coefficient (Wildman–Crippen LogP) is 5.54. The van der Waals surface area contributed by atoms with E-state index < -0.39 is 4.92 Å². The van der Waals surface area contributed by atoms with Gasteiger partial charge in [0.05, 0.1) is 9.95 Å². The summed E-state index contributed by atoms with van der Waals surface area (Å²) in [5.41, 5.74) is 1.77. The number of nitro benzene ring substituents is 1. The molecule has 0 aliphatic carbocycles. The van der Waals surface area contributed by atoms with Gasteiger partial charge in [-0.2, -0.15) is 0 Å². The minimum Gasteiger partial charge on any atom is -0.296 e. The van der Waals surface area contributed by atoms with Gasteiger partial charge >= 0.3 is 0 Å². The maximum absolute atomic E-state index is 12.6. The number of nitro groups is 1. The van der Waals surface area contributed by atoms with Crippen LogP contribution in [0, 0.1) is 17.0 Å². The lowest BCUT2D eigenvalue weighted by molar-refractivity contribution is -0.384. The third kappa shape index (κ3) is 3.47. The molecule has 0 spiro atoms. The number of halogens is 1. The quantitative estimate of drug-likeness (QED) is 0.338. The van der Waals surface area contributed by atoms with Crippen molar-refractivity contribution in [1.29, 1.82) is 0 Å². The average molecular weight is 431 g/mol. The highest BCUT2D eigenvalue weighted by Crippen LogP contribution is 2.36. The molecule has 2 aromatic heterocycles. The molecule has 28 heavy (non-hydrogen) atoms. The van der Waals surface area contributed by atoms with E-state index in [0.29, 0.717) is 25.6 Å². The fraction of sp³-hybridized carbons (Fsp3) is 0.0556. The van der Waals surface area contributed by atoms with Gasteiger partial charge in [0.1, 0.15) is 9.88 Å². The van der Waals surface area contributed by atoms with E-state index in [1.54, 1.807) is 12.1 Å². The Balaban J connectivity index is 1.56. The molecule has 0 unspecified atom stereocenters. The molecule has 1 amide bonds. The summed E-state index contributed by atoms with van der Waals surface area (Å²) in [5, 5.41) is 23.6. The zero-order valence-electron chi connectivity index (χ0n) is 14.3. The first-order valence-electron chi connectivity index (χ1n) is 8.00. The van der Waals surface area contributed by atoms with Crippen LogP contribution in [0.2, 0.25) is 5.02 Å². The molecule has 0 aliphatic heterocycles. The molecule has 10 heteroatoms. The molecule has 2 aromatic carbocycles. The van der Waals surface area contributed by atoms with Gasteiger partial charge in [-0.3, -0.25) is 20.2 Å². The zero-order valence-corrected chi connectivity index (χ0v) is 16.7. The van der Waals surface area contributed by atoms with Crippen LogP contribution in [-0.2, 0) is 0 Å². The number of aromatic nitrogens is 2. The van der Waals surface area contributed by atoms with Crippen molar-refractivity contribution in [2.45, 2.75) is 6.92 Å². The van der Waals surface area contributed by atoms with Gasteiger partial charge in [-0.15, -0.1) is 21.5 Å². The summed E-state index contributed by atoms with van der Waals surface area (Å²) in [4.78, 5) is 23.3. The summed E-state index contributed by atoms with van der Waals surface area (Å²) in [6, 6.07) is 11.8. The van der Waals surface area contributed by atoms with Crippen LogP contribution in [0.25, 0.3) is 20.7 Å². The van der Waals surface area contributed by atoms with Crippen molar-refractivity contribution in [3.05, 3.63) is 68.0 Å². The number of rotatable bonds is 4. The van der Waals surface area contributed by atoms with Crippen LogP contribution in [0.1, 0.15) is 15.2 Å². The van der Waals surface area contributed by atoms with E-state index in [0.717, 1.165) is 15.6 Å². The summed E-state index contributed by atoms with van der Waals surface area (Å²) < 4.78 is 0.944. The van der Waals surface area contributed by atoms with E-state index >= 15 is 0 Å². The van der Waals surface area contributed by atoms with Gasteiger partial charge in [0.2, 0.25) is 5.13 Å². The van der Waals surface area contributed by atoms with E-state index in [-0.39, 0.29) is 11.6 Å². The lowest BCUT2D eigenvalue weighted by Crippen LogP contribution is -2.10. The minimum absolute atomic E-state index is 0.00330. The van der Waals surface area contributed by atoms with Gasteiger partial charge in [0.25, 0.3) is 11.6 Å². The maximum Gasteiger partial charge on any atom is 0.269 e. The van der Waals surface area contributed by atoms with Crippen molar-refractivity contribution in [2.24, 2.45) is 0 Å². The number of hydrogen-bond donors (Lipinski definition) is 1. The van der Waals surface area contributed by atoms with Crippen LogP contribution in [0.5, 0.6) is 0 Å². The Kier molecular flexibility index (Phi) is 4.80. The number of aryl methyl sites for hydroxylation is 1.